The number of carbonyl (C=O) groups excluding carboxylic acids is 1. The van der Waals surface area contributed by atoms with Crippen molar-refractivity contribution in [1.82, 2.24) is 0 Å². The van der Waals surface area contributed by atoms with E-state index in [1.165, 1.54) is 0 Å². The van der Waals surface area contributed by atoms with E-state index in [9.17, 15) is 4.79 Å². The summed E-state index contributed by atoms with van der Waals surface area (Å²) in [6.07, 6.45) is 5.61. The highest BCUT2D eigenvalue weighted by molar-refractivity contribution is 7.98. The summed E-state index contributed by atoms with van der Waals surface area (Å²) in [7, 11) is 0. The second-order valence-corrected chi connectivity index (χ2v) is 3.66. The Bertz CT molecular complexity index is 115. The Morgan fingerprint density at radius 2 is 2.17 bits per heavy atom. The van der Waals surface area contributed by atoms with Crippen LogP contribution in [0.3, 0.4) is 0 Å². The Hall–Kier alpha value is -0.180. The van der Waals surface area contributed by atoms with Crippen LogP contribution >= 0.6 is 11.8 Å². The van der Waals surface area contributed by atoms with Crippen molar-refractivity contribution in [1.29, 1.82) is 0 Å². The molecule has 0 heterocycles. The van der Waals surface area contributed by atoms with Gasteiger partial charge in [-0.25, -0.2) is 0 Å². The predicted octanol–water partition coefficient (Wildman–Crippen LogP) is 2.47. The molecular formula is C9H18O2S. The number of unbranched alkanes of at least 4 members (excludes halogenated alkanes) is 1. The van der Waals surface area contributed by atoms with Gasteiger partial charge in [-0.2, -0.15) is 11.8 Å². The molecule has 0 aromatic carbocycles. The lowest BCUT2D eigenvalue weighted by Gasteiger charge is -2.02. The summed E-state index contributed by atoms with van der Waals surface area (Å²) in [5, 5.41) is 0. The van der Waals surface area contributed by atoms with Gasteiger partial charge < -0.3 is 4.74 Å². The summed E-state index contributed by atoms with van der Waals surface area (Å²) in [4.78, 5) is 10.9. The van der Waals surface area contributed by atoms with Gasteiger partial charge in [-0.15, -0.1) is 0 Å². The third kappa shape index (κ3) is 7.92. The molecule has 0 aliphatic rings. The fourth-order valence-corrected chi connectivity index (χ4v) is 1.19. The minimum Gasteiger partial charge on any atom is -0.466 e. The summed E-state index contributed by atoms with van der Waals surface area (Å²) in [5.41, 5.74) is 0. The van der Waals surface area contributed by atoms with E-state index in [1.54, 1.807) is 11.8 Å². The van der Waals surface area contributed by atoms with E-state index in [0.29, 0.717) is 13.0 Å². The smallest absolute Gasteiger partial charge is 0.305 e. The zero-order valence-electron chi connectivity index (χ0n) is 7.97. The minimum atomic E-state index is -0.0436. The predicted molar refractivity (Wildman–Crippen MR) is 53.5 cm³/mol. The maximum Gasteiger partial charge on any atom is 0.305 e. The van der Waals surface area contributed by atoms with Crippen molar-refractivity contribution >= 4 is 17.7 Å². The second-order valence-electron chi connectivity index (χ2n) is 2.67. The summed E-state index contributed by atoms with van der Waals surface area (Å²) in [5.74, 6) is 1.03. The fourth-order valence-electron chi connectivity index (χ4n) is 0.783. The van der Waals surface area contributed by atoms with Gasteiger partial charge in [-0.05, 0) is 24.9 Å². The Morgan fingerprint density at radius 3 is 2.75 bits per heavy atom. The van der Waals surface area contributed by atoms with Crippen LogP contribution in [0, 0.1) is 0 Å². The third-order valence-corrected chi connectivity index (χ3v) is 2.19. The zero-order chi connectivity index (χ0) is 9.23. The summed E-state index contributed by atoms with van der Waals surface area (Å²) in [6.45, 7) is 2.66. The molecule has 0 bridgehead atoms. The first-order chi connectivity index (χ1) is 5.81. The number of ether oxygens (including phenoxy) is 1. The molecule has 0 N–H and O–H groups in total. The van der Waals surface area contributed by atoms with E-state index in [4.69, 9.17) is 4.74 Å². The third-order valence-electron chi connectivity index (χ3n) is 1.49. The van der Waals surface area contributed by atoms with E-state index >= 15 is 0 Å². The average Bonchev–Trinajstić information content (AvgIpc) is 2.09. The summed E-state index contributed by atoms with van der Waals surface area (Å²) >= 11 is 1.78. The molecule has 0 amide bonds. The SMILES string of the molecule is CCCCC(=O)OCCCSC. The quantitative estimate of drug-likeness (QED) is 0.455. The molecule has 0 atom stereocenters. The first-order valence-electron chi connectivity index (χ1n) is 4.45. The van der Waals surface area contributed by atoms with Gasteiger partial charge in [0, 0.05) is 6.42 Å². The lowest BCUT2D eigenvalue weighted by atomic mass is 10.2. The van der Waals surface area contributed by atoms with Crippen molar-refractivity contribution in [3.63, 3.8) is 0 Å². The number of thioether (sulfide) groups is 1. The molecule has 0 fully saturated rings. The van der Waals surface area contributed by atoms with Crippen molar-refractivity contribution < 1.29 is 9.53 Å². The van der Waals surface area contributed by atoms with Crippen molar-refractivity contribution in [3.05, 3.63) is 0 Å². The Labute approximate surface area is 79.1 Å². The Morgan fingerprint density at radius 1 is 1.42 bits per heavy atom. The molecule has 2 nitrogen and oxygen atoms in total. The van der Waals surface area contributed by atoms with Crippen molar-refractivity contribution in [2.24, 2.45) is 0 Å². The summed E-state index contributed by atoms with van der Waals surface area (Å²) < 4.78 is 4.99. The molecule has 0 aliphatic heterocycles. The molecule has 0 aromatic heterocycles. The van der Waals surface area contributed by atoms with Crippen LogP contribution in [-0.2, 0) is 9.53 Å². The molecule has 3 heteroatoms. The van der Waals surface area contributed by atoms with Crippen LogP contribution in [0.25, 0.3) is 0 Å². The maximum absolute atomic E-state index is 10.9. The van der Waals surface area contributed by atoms with Gasteiger partial charge in [0.05, 0.1) is 6.61 Å². The molecule has 0 radical (unpaired) electrons. The number of rotatable bonds is 7. The Kier molecular flexibility index (Phi) is 8.78. The van der Waals surface area contributed by atoms with E-state index in [2.05, 4.69) is 13.2 Å². The number of carbonyl (C=O) groups is 1. The lowest BCUT2D eigenvalue weighted by Crippen LogP contribution is -2.05. The van der Waals surface area contributed by atoms with Gasteiger partial charge in [0.25, 0.3) is 0 Å². The van der Waals surface area contributed by atoms with Crippen molar-refractivity contribution in [2.75, 3.05) is 18.6 Å². The van der Waals surface area contributed by atoms with Crippen LogP contribution in [0.15, 0.2) is 0 Å². The van der Waals surface area contributed by atoms with Crippen LogP contribution in [0.4, 0.5) is 0 Å². The summed E-state index contributed by atoms with van der Waals surface area (Å²) in [6, 6.07) is 0. The molecule has 72 valence electrons. The topological polar surface area (TPSA) is 26.3 Å². The molecular weight excluding hydrogens is 172 g/mol. The Balaban J connectivity index is 3.08. The largest absolute Gasteiger partial charge is 0.466 e. The molecule has 12 heavy (non-hydrogen) atoms. The first-order valence-corrected chi connectivity index (χ1v) is 5.85. The van der Waals surface area contributed by atoms with E-state index in [1.807, 2.05) is 0 Å². The zero-order valence-corrected chi connectivity index (χ0v) is 8.78. The van der Waals surface area contributed by atoms with Crippen LogP contribution in [0.2, 0.25) is 0 Å². The standard InChI is InChI=1S/C9H18O2S/c1-3-4-6-9(10)11-7-5-8-12-2/h3-8H2,1-2H3. The number of hydrogen-bond donors (Lipinski definition) is 0. The van der Waals surface area contributed by atoms with Crippen LogP contribution < -0.4 is 0 Å². The highest BCUT2D eigenvalue weighted by atomic mass is 32.2. The van der Waals surface area contributed by atoms with Crippen LogP contribution in [0.1, 0.15) is 32.6 Å². The lowest BCUT2D eigenvalue weighted by molar-refractivity contribution is -0.143. The molecule has 0 rings (SSSR count). The van der Waals surface area contributed by atoms with Gasteiger partial charge in [-0.3, -0.25) is 4.79 Å². The normalized spacial score (nSPS) is 9.83. The first kappa shape index (κ1) is 11.8. The fraction of sp³-hybridized carbons (Fsp3) is 0.889. The molecule has 0 unspecified atom stereocenters. The van der Waals surface area contributed by atoms with Crippen LogP contribution in [0.5, 0.6) is 0 Å². The molecule has 0 aromatic rings. The van der Waals surface area contributed by atoms with E-state index in [-0.39, 0.29) is 5.97 Å². The van der Waals surface area contributed by atoms with E-state index < -0.39 is 0 Å². The number of hydrogen-bond acceptors (Lipinski definition) is 3. The van der Waals surface area contributed by atoms with Crippen molar-refractivity contribution in [3.8, 4) is 0 Å². The number of esters is 1. The van der Waals surface area contributed by atoms with Gasteiger partial charge >= 0.3 is 5.97 Å². The molecule has 0 aliphatic carbocycles. The average molecular weight is 190 g/mol. The van der Waals surface area contributed by atoms with Gasteiger partial charge in [0.2, 0.25) is 0 Å². The van der Waals surface area contributed by atoms with Crippen molar-refractivity contribution in [2.45, 2.75) is 32.6 Å². The molecule has 0 saturated carbocycles. The highest BCUT2D eigenvalue weighted by Gasteiger charge is 1.99. The van der Waals surface area contributed by atoms with Gasteiger partial charge in [0.1, 0.15) is 0 Å². The second kappa shape index (κ2) is 8.91. The monoisotopic (exact) mass is 190 g/mol. The highest BCUT2D eigenvalue weighted by Crippen LogP contribution is 1.99. The van der Waals surface area contributed by atoms with Crippen LogP contribution in [-0.4, -0.2) is 24.6 Å². The molecule has 0 saturated heterocycles. The van der Waals surface area contributed by atoms with Gasteiger partial charge in [-0.1, -0.05) is 13.3 Å². The molecule has 0 spiro atoms. The maximum atomic E-state index is 10.9. The van der Waals surface area contributed by atoms with E-state index in [0.717, 1.165) is 25.0 Å². The van der Waals surface area contributed by atoms with Gasteiger partial charge in [0.15, 0.2) is 0 Å². The minimum absolute atomic E-state index is 0.0436.